The van der Waals surface area contributed by atoms with Crippen molar-refractivity contribution in [1.29, 1.82) is 0 Å². The van der Waals surface area contributed by atoms with Crippen LogP contribution in [0.1, 0.15) is 9.67 Å². The molecular weight excluding hydrogens is 265 g/mol. The van der Waals surface area contributed by atoms with Crippen molar-refractivity contribution in [2.24, 2.45) is 5.73 Å². The molecule has 2 nitrogen and oxygen atoms in total. The van der Waals surface area contributed by atoms with Crippen LogP contribution in [0.2, 0.25) is 0 Å². The van der Waals surface area contributed by atoms with Crippen LogP contribution in [-0.2, 0) is 0 Å². The van der Waals surface area contributed by atoms with Gasteiger partial charge in [-0.2, -0.15) is 0 Å². The largest absolute Gasteiger partial charge is 0.398 e. The molecular formula is C8H6Cl3NOS. The highest BCUT2D eigenvalue weighted by Crippen LogP contribution is 2.31. The fraction of sp³-hybridized carbons (Fsp3) is 0.125. The Hall–Kier alpha value is -0.220. The lowest BCUT2D eigenvalue weighted by atomic mass is 10.3. The van der Waals surface area contributed by atoms with Crippen molar-refractivity contribution in [2.75, 3.05) is 0 Å². The summed E-state index contributed by atoms with van der Waals surface area (Å²) in [7, 11) is 0. The van der Waals surface area contributed by atoms with E-state index < -0.39 is 3.79 Å². The topological polar surface area (TPSA) is 43.1 Å². The number of carbonyl (C=O) groups excluding carboxylic acids is 1. The van der Waals surface area contributed by atoms with Gasteiger partial charge in [-0.05, 0) is 11.4 Å². The molecule has 0 atom stereocenters. The maximum atomic E-state index is 11.4. The van der Waals surface area contributed by atoms with Gasteiger partial charge in [-0.25, -0.2) is 0 Å². The molecule has 2 N–H and O–H groups in total. The van der Waals surface area contributed by atoms with Crippen molar-refractivity contribution >= 4 is 51.9 Å². The average molecular weight is 271 g/mol. The van der Waals surface area contributed by atoms with Crippen LogP contribution >= 0.6 is 46.1 Å². The fourth-order valence-electron chi connectivity index (χ4n) is 0.713. The second-order valence-corrected chi connectivity index (χ2v) is 5.67. The summed E-state index contributed by atoms with van der Waals surface area (Å²) >= 11 is 17.7. The zero-order valence-electron chi connectivity index (χ0n) is 6.84. The van der Waals surface area contributed by atoms with Crippen LogP contribution in [0.15, 0.2) is 29.3 Å². The van der Waals surface area contributed by atoms with E-state index >= 15 is 0 Å². The Labute approximate surface area is 100 Å². The molecule has 0 radical (unpaired) electrons. The second-order valence-electron chi connectivity index (χ2n) is 2.44. The summed E-state index contributed by atoms with van der Waals surface area (Å²) in [5.41, 5.74) is 5.32. The number of carbonyl (C=O) groups is 1. The molecule has 76 valence electrons. The zero-order valence-corrected chi connectivity index (χ0v) is 9.92. The van der Waals surface area contributed by atoms with Crippen LogP contribution in [0.3, 0.4) is 0 Å². The number of nitrogens with two attached hydrogens (primary N) is 1. The molecule has 0 bridgehead atoms. The van der Waals surface area contributed by atoms with E-state index in [-0.39, 0.29) is 11.5 Å². The lowest BCUT2D eigenvalue weighted by Crippen LogP contribution is -2.17. The molecule has 0 unspecified atom stereocenters. The Bertz CT molecular complexity index is 353. The summed E-state index contributed by atoms with van der Waals surface area (Å²) in [5, 5.41) is 1.78. The van der Waals surface area contributed by atoms with E-state index in [2.05, 4.69) is 0 Å². The monoisotopic (exact) mass is 269 g/mol. The summed E-state index contributed by atoms with van der Waals surface area (Å²) < 4.78 is -1.73. The van der Waals surface area contributed by atoms with Gasteiger partial charge in [0, 0.05) is 6.08 Å². The van der Waals surface area contributed by atoms with Crippen LogP contribution in [0.4, 0.5) is 0 Å². The fourth-order valence-corrected chi connectivity index (χ4v) is 1.51. The third-order valence-corrected chi connectivity index (χ3v) is 2.92. The first-order valence-corrected chi connectivity index (χ1v) is 5.55. The predicted molar refractivity (Wildman–Crippen MR) is 61.2 cm³/mol. The molecule has 0 spiro atoms. The first-order chi connectivity index (χ1) is 6.41. The number of hydrogen-bond acceptors (Lipinski definition) is 3. The molecule has 1 aromatic heterocycles. The predicted octanol–water partition coefficient (Wildman–Crippen LogP) is 3.14. The first-order valence-electron chi connectivity index (χ1n) is 3.53. The lowest BCUT2D eigenvalue weighted by molar-refractivity contribution is 0.104. The standard InChI is InChI=1S/C8H6Cl3NOS/c9-8(10,11)7(12)4-5(13)6-2-1-3-14-6/h1-4H,12H2. The maximum absolute atomic E-state index is 11.4. The van der Waals surface area contributed by atoms with Crippen molar-refractivity contribution in [1.82, 2.24) is 0 Å². The third-order valence-electron chi connectivity index (χ3n) is 1.38. The van der Waals surface area contributed by atoms with Crippen molar-refractivity contribution in [2.45, 2.75) is 3.79 Å². The van der Waals surface area contributed by atoms with E-state index in [1.54, 1.807) is 17.5 Å². The minimum Gasteiger partial charge on any atom is -0.398 e. The van der Waals surface area contributed by atoms with Gasteiger partial charge in [0.2, 0.25) is 3.79 Å². The molecule has 1 heterocycles. The van der Waals surface area contributed by atoms with Crippen LogP contribution in [0.5, 0.6) is 0 Å². The lowest BCUT2D eigenvalue weighted by Gasteiger charge is -2.09. The average Bonchev–Trinajstić information content (AvgIpc) is 2.53. The van der Waals surface area contributed by atoms with E-state index in [9.17, 15) is 4.79 Å². The van der Waals surface area contributed by atoms with Gasteiger partial charge in [-0.3, -0.25) is 4.79 Å². The number of hydrogen-bond donors (Lipinski definition) is 1. The van der Waals surface area contributed by atoms with E-state index in [0.717, 1.165) is 6.08 Å². The van der Waals surface area contributed by atoms with Gasteiger partial charge in [-0.15, -0.1) is 11.3 Å². The quantitative estimate of drug-likeness (QED) is 0.510. The molecule has 0 aromatic carbocycles. The number of halogens is 3. The smallest absolute Gasteiger partial charge is 0.230 e. The SMILES string of the molecule is NC(=CC(=O)c1cccs1)C(Cl)(Cl)Cl. The molecule has 0 aliphatic rings. The van der Waals surface area contributed by atoms with Crippen molar-refractivity contribution < 1.29 is 4.79 Å². The van der Waals surface area contributed by atoms with Gasteiger partial charge < -0.3 is 5.73 Å². The summed E-state index contributed by atoms with van der Waals surface area (Å²) in [6.45, 7) is 0. The second kappa shape index (κ2) is 4.53. The molecule has 0 aliphatic heterocycles. The summed E-state index contributed by atoms with van der Waals surface area (Å²) in [5.74, 6) is -0.260. The van der Waals surface area contributed by atoms with Gasteiger partial charge >= 0.3 is 0 Å². The van der Waals surface area contributed by atoms with Gasteiger partial charge in [0.15, 0.2) is 5.78 Å². The van der Waals surface area contributed by atoms with Crippen LogP contribution in [0, 0.1) is 0 Å². The van der Waals surface area contributed by atoms with Gasteiger partial charge in [-0.1, -0.05) is 40.9 Å². The summed E-state index contributed by atoms with van der Waals surface area (Å²) in [6.07, 6.45) is 1.12. The maximum Gasteiger partial charge on any atom is 0.230 e. The van der Waals surface area contributed by atoms with Gasteiger partial charge in [0.1, 0.15) is 0 Å². The highest BCUT2D eigenvalue weighted by molar-refractivity contribution is 7.12. The van der Waals surface area contributed by atoms with Crippen molar-refractivity contribution in [3.63, 3.8) is 0 Å². The van der Waals surface area contributed by atoms with Gasteiger partial charge in [0.05, 0.1) is 10.6 Å². The van der Waals surface area contributed by atoms with Gasteiger partial charge in [0.25, 0.3) is 0 Å². The molecule has 0 saturated heterocycles. The van der Waals surface area contributed by atoms with E-state index in [1.165, 1.54) is 11.3 Å². The van der Waals surface area contributed by atoms with Crippen molar-refractivity contribution in [3.05, 3.63) is 34.2 Å². The zero-order chi connectivity index (χ0) is 10.8. The Morgan fingerprint density at radius 1 is 1.50 bits per heavy atom. The molecule has 1 aromatic rings. The van der Waals surface area contributed by atoms with Crippen LogP contribution in [-0.4, -0.2) is 9.58 Å². The number of alkyl halides is 3. The molecule has 0 amide bonds. The minimum atomic E-state index is -1.73. The minimum absolute atomic E-state index is 0.0825. The molecule has 0 fully saturated rings. The summed E-state index contributed by atoms with van der Waals surface area (Å²) in [6, 6.07) is 3.44. The van der Waals surface area contributed by atoms with E-state index in [4.69, 9.17) is 40.5 Å². The third kappa shape index (κ3) is 3.17. The van der Waals surface area contributed by atoms with Crippen molar-refractivity contribution in [3.8, 4) is 0 Å². The molecule has 14 heavy (non-hydrogen) atoms. The molecule has 0 aliphatic carbocycles. The van der Waals surface area contributed by atoms with E-state index in [1.807, 2.05) is 0 Å². The highest BCUT2D eigenvalue weighted by Gasteiger charge is 2.24. The van der Waals surface area contributed by atoms with Crippen LogP contribution in [0.25, 0.3) is 0 Å². The highest BCUT2D eigenvalue weighted by atomic mass is 35.6. The number of thiophene rings is 1. The molecule has 0 saturated carbocycles. The van der Waals surface area contributed by atoms with E-state index in [0.29, 0.717) is 4.88 Å². The molecule has 1 rings (SSSR count). The Kier molecular flexibility index (Phi) is 3.84. The van der Waals surface area contributed by atoms with Crippen LogP contribution < -0.4 is 5.73 Å². The molecule has 6 heteroatoms. The Morgan fingerprint density at radius 3 is 2.57 bits per heavy atom. The first kappa shape index (κ1) is 11.9. The number of rotatable bonds is 2. The number of allylic oxidation sites excluding steroid dienone is 2. The normalized spacial score (nSPS) is 12.9. The Balaban J connectivity index is 2.84. The number of ketones is 1. The Morgan fingerprint density at radius 2 is 2.14 bits per heavy atom. The summed E-state index contributed by atoms with van der Waals surface area (Å²) in [4.78, 5) is 12.0.